The lowest BCUT2D eigenvalue weighted by molar-refractivity contribution is -0.0921. The van der Waals surface area contributed by atoms with Crippen LogP contribution in [0.2, 0.25) is 5.04 Å². The van der Waals surface area contributed by atoms with E-state index in [0.29, 0.717) is 37.2 Å². The second-order valence-electron chi connectivity index (χ2n) is 12.4. The zero-order valence-corrected chi connectivity index (χ0v) is 26.9. The molecule has 1 N–H and O–H groups in total. The van der Waals surface area contributed by atoms with E-state index in [1.807, 2.05) is 38.1 Å². The maximum absolute atomic E-state index is 13.6. The summed E-state index contributed by atoms with van der Waals surface area (Å²) in [4.78, 5) is 0.320. The van der Waals surface area contributed by atoms with Gasteiger partial charge < -0.3 is 14.3 Å². The molecule has 1 saturated heterocycles. The van der Waals surface area contributed by atoms with Gasteiger partial charge in [-0.2, -0.15) is 0 Å². The topological polar surface area (TPSA) is 72.8 Å². The van der Waals surface area contributed by atoms with Gasteiger partial charge in [0.25, 0.3) is 8.32 Å². The van der Waals surface area contributed by atoms with E-state index in [-0.39, 0.29) is 17.6 Å². The van der Waals surface area contributed by atoms with E-state index in [1.165, 1.54) is 10.4 Å². The van der Waals surface area contributed by atoms with Gasteiger partial charge in [-0.05, 0) is 66.6 Å². The smallest absolute Gasteiger partial charge is 0.261 e. The average molecular weight is 595 g/mol. The Hall–Kier alpha value is -2.29. The second kappa shape index (κ2) is 13.3. The molecule has 1 aliphatic rings. The molecule has 0 amide bonds. The largest absolute Gasteiger partial charge is 0.405 e. The Morgan fingerprint density at radius 1 is 0.902 bits per heavy atom. The van der Waals surface area contributed by atoms with Gasteiger partial charge in [-0.25, -0.2) is 8.42 Å². The van der Waals surface area contributed by atoms with E-state index in [2.05, 4.69) is 69.3 Å². The number of aliphatic hydroxyl groups is 1. The van der Waals surface area contributed by atoms with E-state index < -0.39 is 35.6 Å². The monoisotopic (exact) mass is 594 g/mol. The molecule has 222 valence electrons. The normalized spacial score (nSPS) is 22.9. The summed E-state index contributed by atoms with van der Waals surface area (Å²) in [6.45, 7) is 11.1. The fourth-order valence-electron chi connectivity index (χ4n) is 6.19. The first-order valence-electron chi connectivity index (χ1n) is 14.9. The van der Waals surface area contributed by atoms with E-state index in [1.54, 1.807) is 12.1 Å². The van der Waals surface area contributed by atoms with Crippen molar-refractivity contribution in [3.8, 4) is 0 Å². The molecule has 0 saturated carbocycles. The van der Waals surface area contributed by atoms with Crippen LogP contribution in [0.15, 0.2) is 89.8 Å². The molecule has 1 aliphatic heterocycles. The minimum absolute atomic E-state index is 0.162. The standard InChI is InChI=1S/C34H46O5SSi/c1-6-33-32(35)24-29(40(36,37)28-22-20-26(2)21-23-28)15-13-14-27(39-33)25-38-41(34(3,4)5,30-16-9-7-10-17-30)31-18-11-8-12-19-31/h7-12,16-23,27,29,32-33,35H,6,13-15,24-25H2,1-5H3/t27-,29-,32+,33-/m0/s1. The van der Waals surface area contributed by atoms with Crippen molar-refractivity contribution in [3.05, 3.63) is 90.5 Å². The van der Waals surface area contributed by atoms with Crippen molar-refractivity contribution in [2.75, 3.05) is 6.61 Å². The first kappa shape index (κ1) is 31.6. The predicted molar refractivity (Wildman–Crippen MR) is 169 cm³/mol. The summed E-state index contributed by atoms with van der Waals surface area (Å²) in [5.74, 6) is 0. The van der Waals surface area contributed by atoms with Crippen molar-refractivity contribution in [1.29, 1.82) is 0 Å². The van der Waals surface area contributed by atoms with Gasteiger partial charge in [0.05, 0.1) is 35.1 Å². The lowest BCUT2D eigenvalue weighted by Gasteiger charge is -2.44. The number of hydrogen-bond donors (Lipinski definition) is 1. The molecule has 5 nitrogen and oxygen atoms in total. The molecule has 7 heteroatoms. The quantitative estimate of drug-likeness (QED) is 0.333. The van der Waals surface area contributed by atoms with Crippen molar-refractivity contribution in [2.24, 2.45) is 0 Å². The number of rotatable bonds is 8. The van der Waals surface area contributed by atoms with Crippen LogP contribution >= 0.6 is 0 Å². The Labute approximate surface area is 248 Å². The Morgan fingerprint density at radius 2 is 1.46 bits per heavy atom. The third kappa shape index (κ3) is 7.03. The van der Waals surface area contributed by atoms with Crippen molar-refractivity contribution in [3.63, 3.8) is 0 Å². The molecule has 0 spiro atoms. The van der Waals surface area contributed by atoms with E-state index in [0.717, 1.165) is 5.56 Å². The number of hydrogen-bond acceptors (Lipinski definition) is 5. The highest BCUT2D eigenvalue weighted by molar-refractivity contribution is 7.92. The van der Waals surface area contributed by atoms with Crippen LogP contribution in [0.1, 0.15) is 65.4 Å². The third-order valence-electron chi connectivity index (χ3n) is 8.45. The third-order valence-corrected chi connectivity index (χ3v) is 15.7. The van der Waals surface area contributed by atoms with E-state index in [4.69, 9.17) is 9.16 Å². The molecule has 0 unspecified atom stereocenters. The molecule has 0 radical (unpaired) electrons. The molecule has 1 heterocycles. The lowest BCUT2D eigenvalue weighted by atomic mass is 10.0. The van der Waals surface area contributed by atoms with Crippen molar-refractivity contribution in [1.82, 2.24) is 0 Å². The van der Waals surface area contributed by atoms with Crippen molar-refractivity contribution < 1.29 is 22.7 Å². The lowest BCUT2D eigenvalue weighted by Crippen LogP contribution is -2.67. The van der Waals surface area contributed by atoms with Crippen molar-refractivity contribution >= 4 is 28.5 Å². The Kier molecular flexibility index (Phi) is 10.3. The summed E-state index contributed by atoms with van der Waals surface area (Å²) in [6, 6.07) is 28.1. The van der Waals surface area contributed by atoms with E-state index in [9.17, 15) is 13.5 Å². The van der Waals surface area contributed by atoms with Gasteiger partial charge in [0, 0.05) is 0 Å². The summed E-state index contributed by atoms with van der Waals surface area (Å²) in [6.07, 6.45) is 0.982. The van der Waals surface area contributed by atoms with Crippen LogP contribution < -0.4 is 10.4 Å². The number of benzene rings is 3. The van der Waals surface area contributed by atoms with Crippen LogP contribution in [0, 0.1) is 6.92 Å². The summed E-state index contributed by atoms with van der Waals surface area (Å²) < 4.78 is 40.9. The van der Waals surface area contributed by atoms with Gasteiger partial charge in [0.1, 0.15) is 0 Å². The molecule has 0 aliphatic carbocycles. The molecule has 0 bridgehead atoms. The first-order valence-corrected chi connectivity index (χ1v) is 18.3. The fourth-order valence-corrected chi connectivity index (χ4v) is 12.6. The van der Waals surface area contributed by atoms with Crippen LogP contribution in [-0.2, 0) is 19.0 Å². The number of sulfone groups is 1. The highest BCUT2D eigenvalue weighted by Gasteiger charge is 2.50. The predicted octanol–water partition coefficient (Wildman–Crippen LogP) is 5.81. The number of aryl methyl sites for hydroxylation is 1. The maximum Gasteiger partial charge on any atom is 0.261 e. The van der Waals surface area contributed by atoms with Crippen LogP contribution in [0.25, 0.3) is 0 Å². The molecule has 1 fully saturated rings. The van der Waals surface area contributed by atoms with Gasteiger partial charge in [-0.1, -0.05) is 106 Å². The molecular weight excluding hydrogens is 549 g/mol. The van der Waals surface area contributed by atoms with Crippen LogP contribution in [0.4, 0.5) is 0 Å². The molecular formula is C34H46O5SSi. The zero-order valence-electron chi connectivity index (χ0n) is 25.1. The van der Waals surface area contributed by atoms with Gasteiger partial charge in [-0.15, -0.1) is 0 Å². The fraction of sp³-hybridized carbons (Fsp3) is 0.471. The van der Waals surface area contributed by atoms with Gasteiger partial charge in [0.15, 0.2) is 9.84 Å². The minimum atomic E-state index is -3.58. The summed E-state index contributed by atoms with van der Waals surface area (Å²) >= 11 is 0. The molecule has 4 rings (SSSR count). The van der Waals surface area contributed by atoms with E-state index >= 15 is 0 Å². The van der Waals surface area contributed by atoms with Gasteiger partial charge in [0.2, 0.25) is 0 Å². The Morgan fingerprint density at radius 3 is 1.98 bits per heavy atom. The number of aliphatic hydroxyl groups excluding tert-OH is 1. The molecule has 4 atom stereocenters. The summed E-state index contributed by atoms with van der Waals surface area (Å²) in [7, 11) is -6.34. The zero-order chi connectivity index (χ0) is 29.7. The Bertz CT molecular complexity index is 1300. The molecule has 41 heavy (non-hydrogen) atoms. The molecule has 3 aromatic carbocycles. The molecule has 0 aromatic heterocycles. The highest BCUT2D eigenvalue weighted by atomic mass is 32.2. The summed E-state index contributed by atoms with van der Waals surface area (Å²) in [5, 5.41) is 12.8. The number of ether oxygens (including phenoxy) is 1. The van der Waals surface area contributed by atoms with Crippen LogP contribution in [0.3, 0.4) is 0 Å². The van der Waals surface area contributed by atoms with Crippen LogP contribution in [0.5, 0.6) is 0 Å². The maximum atomic E-state index is 13.6. The SMILES string of the molecule is CC[C@@H]1O[C@H](CO[Si](c2ccccc2)(c2ccccc2)C(C)(C)C)CCC[C@H](S(=O)(=O)c2ccc(C)cc2)C[C@H]1O. The Balaban J connectivity index is 1.61. The second-order valence-corrected chi connectivity index (χ2v) is 18.9. The van der Waals surface area contributed by atoms with Gasteiger partial charge in [-0.3, -0.25) is 0 Å². The average Bonchev–Trinajstić information content (AvgIpc) is 3.03. The minimum Gasteiger partial charge on any atom is -0.405 e. The molecule has 3 aromatic rings. The van der Waals surface area contributed by atoms with Crippen LogP contribution in [-0.4, -0.2) is 52.0 Å². The van der Waals surface area contributed by atoms with Gasteiger partial charge >= 0.3 is 0 Å². The first-order chi connectivity index (χ1) is 19.5. The summed E-state index contributed by atoms with van der Waals surface area (Å²) in [5.41, 5.74) is 1.02. The van der Waals surface area contributed by atoms with Crippen molar-refractivity contribution in [2.45, 2.75) is 100 Å². The highest BCUT2D eigenvalue weighted by Crippen LogP contribution is 2.37.